The summed E-state index contributed by atoms with van der Waals surface area (Å²) in [6.07, 6.45) is 0. The van der Waals surface area contributed by atoms with Crippen molar-refractivity contribution in [2.75, 3.05) is 6.54 Å². The van der Waals surface area contributed by atoms with Crippen LogP contribution < -0.4 is 10.6 Å². The zero-order valence-electron chi connectivity index (χ0n) is 15.3. The van der Waals surface area contributed by atoms with Gasteiger partial charge >= 0.3 is 6.03 Å². The van der Waals surface area contributed by atoms with E-state index in [1.54, 1.807) is 6.92 Å². The first-order chi connectivity index (χ1) is 13.5. The maximum absolute atomic E-state index is 13.0. The number of fused-ring (bicyclic) bond motifs is 1. The Kier molecular flexibility index (Phi) is 4.60. The molecule has 1 fully saturated rings. The van der Waals surface area contributed by atoms with Crippen molar-refractivity contribution in [3.63, 3.8) is 0 Å². The lowest BCUT2D eigenvalue weighted by Gasteiger charge is -2.22. The van der Waals surface area contributed by atoms with Gasteiger partial charge in [0.15, 0.2) is 0 Å². The van der Waals surface area contributed by atoms with Crippen LogP contribution in [0, 0.1) is 0 Å². The molecule has 0 bridgehead atoms. The highest BCUT2D eigenvalue weighted by atomic mass is 32.1. The molecular formula is C21H19N3O3S. The molecule has 1 aromatic heterocycles. The summed E-state index contributed by atoms with van der Waals surface area (Å²) in [5.41, 5.74) is -0.513. The molecule has 0 unspecified atom stereocenters. The molecule has 1 saturated heterocycles. The molecule has 4 amide bonds. The second kappa shape index (κ2) is 7.09. The predicted octanol–water partition coefficient (Wildman–Crippen LogP) is 2.98. The van der Waals surface area contributed by atoms with Gasteiger partial charge in [0.25, 0.3) is 5.91 Å². The van der Waals surface area contributed by atoms with Gasteiger partial charge in [0.2, 0.25) is 5.91 Å². The maximum atomic E-state index is 13.0. The van der Waals surface area contributed by atoms with Gasteiger partial charge in [-0.25, -0.2) is 4.79 Å². The van der Waals surface area contributed by atoms with Crippen molar-refractivity contribution in [1.82, 2.24) is 15.5 Å². The van der Waals surface area contributed by atoms with E-state index in [4.69, 9.17) is 0 Å². The van der Waals surface area contributed by atoms with Crippen LogP contribution in [-0.2, 0) is 21.7 Å². The van der Waals surface area contributed by atoms with Crippen molar-refractivity contribution >= 4 is 40.0 Å². The Labute approximate surface area is 166 Å². The minimum atomic E-state index is -1.20. The lowest BCUT2D eigenvalue weighted by Crippen LogP contribution is -2.43. The lowest BCUT2D eigenvalue weighted by atomic mass is 9.90. The van der Waals surface area contributed by atoms with Gasteiger partial charge in [-0.15, -0.1) is 11.3 Å². The third-order valence-electron chi connectivity index (χ3n) is 4.94. The SMILES string of the molecule is C[C@]1(c2ccc3ccccc3c2)NC(=O)N(CC(=O)NCc2cccs2)C1=O. The molecule has 4 rings (SSSR count). The Morgan fingerprint density at radius 2 is 1.89 bits per heavy atom. The highest BCUT2D eigenvalue weighted by Gasteiger charge is 2.49. The molecular weight excluding hydrogens is 374 g/mol. The Morgan fingerprint density at radius 1 is 1.11 bits per heavy atom. The minimum Gasteiger partial charge on any atom is -0.350 e. The molecule has 2 aromatic carbocycles. The van der Waals surface area contributed by atoms with Gasteiger partial charge in [0.05, 0.1) is 6.54 Å². The molecule has 1 aliphatic heterocycles. The minimum absolute atomic E-state index is 0.306. The van der Waals surface area contributed by atoms with Crippen LogP contribution in [0.4, 0.5) is 4.79 Å². The summed E-state index contributed by atoms with van der Waals surface area (Å²) in [5.74, 6) is -0.807. The first-order valence-electron chi connectivity index (χ1n) is 8.90. The number of rotatable bonds is 5. The van der Waals surface area contributed by atoms with Gasteiger partial charge in [-0.3, -0.25) is 14.5 Å². The van der Waals surface area contributed by atoms with Gasteiger partial charge in [0, 0.05) is 4.88 Å². The Hall–Kier alpha value is -3.19. The summed E-state index contributed by atoms with van der Waals surface area (Å²) in [5, 5.41) is 9.45. The zero-order valence-corrected chi connectivity index (χ0v) is 16.1. The van der Waals surface area contributed by atoms with Crippen LogP contribution in [-0.4, -0.2) is 29.3 Å². The van der Waals surface area contributed by atoms with E-state index in [-0.39, 0.29) is 12.5 Å². The van der Waals surface area contributed by atoms with E-state index in [0.29, 0.717) is 12.1 Å². The van der Waals surface area contributed by atoms with E-state index >= 15 is 0 Å². The van der Waals surface area contributed by atoms with Crippen molar-refractivity contribution in [2.24, 2.45) is 0 Å². The van der Waals surface area contributed by atoms with Crippen LogP contribution in [0.2, 0.25) is 0 Å². The summed E-state index contributed by atoms with van der Waals surface area (Å²) in [4.78, 5) is 39.6. The molecule has 2 heterocycles. The quantitative estimate of drug-likeness (QED) is 0.654. The third-order valence-corrected chi connectivity index (χ3v) is 5.82. The van der Waals surface area contributed by atoms with E-state index in [9.17, 15) is 14.4 Å². The van der Waals surface area contributed by atoms with Crippen LogP contribution >= 0.6 is 11.3 Å². The first kappa shape index (κ1) is 18.2. The average molecular weight is 393 g/mol. The summed E-state index contributed by atoms with van der Waals surface area (Å²) in [7, 11) is 0. The number of nitrogens with zero attached hydrogens (tertiary/aromatic N) is 1. The molecule has 0 radical (unpaired) electrons. The third kappa shape index (κ3) is 3.25. The van der Waals surface area contributed by atoms with Crippen molar-refractivity contribution in [3.05, 3.63) is 70.4 Å². The van der Waals surface area contributed by atoms with E-state index in [0.717, 1.165) is 20.5 Å². The van der Waals surface area contributed by atoms with E-state index in [2.05, 4.69) is 10.6 Å². The van der Waals surface area contributed by atoms with Crippen LogP contribution in [0.5, 0.6) is 0 Å². The van der Waals surface area contributed by atoms with Crippen LogP contribution in [0.1, 0.15) is 17.4 Å². The number of benzene rings is 2. The summed E-state index contributed by atoms with van der Waals surface area (Å²) in [6.45, 7) is 1.74. The number of urea groups is 1. The van der Waals surface area contributed by atoms with Crippen molar-refractivity contribution in [3.8, 4) is 0 Å². The normalized spacial score (nSPS) is 19.1. The Balaban J connectivity index is 1.51. The van der Waals surface area contributed by atoms with E-state index in [1.165, 1.54) is 11.3 Å². The fourth-order valence-corrected chi connectivity index (χ4v) is 3.98. The number of imide groups is 1. The molecule has 1 aliphatic rings. The number of thiophene rings is 1. The van der Waals surface area contributed by atoms with Gasteiger partial charge in [-0.2, -0.15) is 0 Å². The highest BCUT2D eigenvalue weighted by Crippen LogP contribution is 2.30. The van der Waals surface area contributed by atoms with Gasteiger partial charge in [0.1, 0.15) is 12.1 Å². The second-order valence-electron chi connectivity index (χ2n) is 6.86. The Morgan fingerprint density at radius 3 is 2.64 bits per heavy atom. The topological polar surface area (TPSA) is 78.5 Å². The number of carbonyl (C=O) groups excluding carboxylic acids is 3. The monoisotopic (exact) mass is 393 g/mol. The fraction of sp³-hybridized carbons (Fsp3) is 0.190. The van der Waals surface area contributed by atoms with Gasteiger partial charge < -0.3 is 10.6 Å². The fourth-order valence-electron chi connectivity index (χ4n) is 3.33. The number of amides is 4. The lowest BCUT2D eigenvalue weighted by molar-refractivity contribution is -0.134. The molecule has 7 heteroatoms. The molecule has 0 saturated carbocycles. The van der Waals surface area contributed by atoms with Gasteiger partial charge in [-0.05, 0) is 40.8 Å². The molecule has 142 valence electrons. The van der Waals surface area contributed by atoms with Crippen LogP contribution in [0.3, 0.4) is 0 Å². The molecule has 2 N–H and O–H groups in total. The standard InChI is InChI=1S/C21H19N3O3S/c1-21(16-9-8-14-5-2-3-6-15(14)11-16)19(26)24(20(27)23-21)13-18(25)22-12-17-7-4-10-28-17/h2-11H,12-13H2,1H3,(H,22,25)(H,23,27)/t21-/m1/s1. The van der Waals surface area contributed by atoms with Crippen LogP contribution in [0.15, 0.2) is 60.0 Å². The largest absolute Gasteiger partial charge is 0.350 e. The number of hydrogen-bond acceptors (Lipinski definition) is 4. The number of nitrogens with one attached hydrogen (secondary N) is 2. The molecule has 1 atom stereocenters. The second-order valence-corrected chi connectivity index (χ2v) is 7.90. The molecule has 0 aliphatic carbocycles. The Bertz CT molecular complexity index is 1060. The smallest absolute Gasteiger partial charge is 0.325 e. The highest BCUT2D eigenvalue weighted by molar-refractivity contribution is 7.09. The summed E-state index contributed by atoms with van der Waals surface area (Å²) >= 11 is 1.53. The summed E-state index contributed by atoms with van der Waals surface area (Å²) in [6, 6.07) is 16.7. The summed E-state index contributed by atoms with van der Waals surface area (Å²) < 4.78 is 0. The van der Waals surface area contributed by atoms with Crippen molar-refractivity contribution in [2.45, 2.75) is 19.0 Å². The van der Waals surface area contributed by atoms with Crippen LogP contribution in [0.25, 0.3) is 10.8 Å². The molecule has 6 nitrogen and oxygen atoms in total. The maximum Gasteiger partial charge on any atom is 0.325 e. The predicted molar refractivity (Wildman–Crippen MR) is 108 cm³/mol. The van der Waals surface area contributed by atoms with E-state index in [1.807, 2.05) is 60.0 Å². The molecule has 3 aromatic rings. The van der Waals surface area contributed by atoms with Gasteiger partial charge in [-0.1, -0.05) is 42.5 Å². The number of hydrogen-bond donors (Lipinski definition) is 2. The zero-order chi connectivity index (χ0) is 19.7. The van der Waals surface area contributed by atoms with Crippen molar-refractivity contribution < 1.29 is 14.4 Å². The first-order valence-corrected chi connectivity index (χ1v) is 9.78. The molecule has 0 spiro atoms. The van der Waals surface area contributed by atoms with E-state index < -0.39 is 17.5 Å². The molecule has 28 heavy (non-hydrogen) atoms. The van der Waals surface area contributed by atoms with Crippen molar-refractivity contribution in [1.29, 1.82) is 0 Å². The average Bonchev–Trinajstić information content (AvgIpc) is 3.29. The number of carbonyl (C=O) groups is 3.